The lowest BCUT2D eigenvalue weighted by Gasteiger charge is -2.63. The molecule has 16 nitrogen and oxygen atoms in total. The third-order valence-corrected chi connectivity index (χ3v) is 15.3. The minimum atomic E-state index is -1.01. The molecule has 0 spiro atoms. The van der Waals surface area contributed by atoms with Gasteiger partial charge in [0.15, 0.2) is 0 Å². The van der Waals surface area contributed by atoms with Gasteiger partial charge in [-0.3, -0.25) is 38.8 Å². The Morgan fingerprint density at radius 3 is 1.74 bits per heavy atom. The van der Waals surface area contributed by atoms with Crippen molar-refractivity contribution in [3.63, 3.8) is 0 Å². The molecule has 4 aliphatic carbocycles. The Morgan fingerprint density at radius 2 is 1.23 bits per heavy atom. The van der Waals surface area contributed by atoms with Crippen LogP contribution in [0.25, 0.3) is 0 Å². The SMILES string of the molecule is C[C@H](CCC(=O)O)[C@H]1CCC2C3C(C[C@H](O)[C@@]21C)[C@@]1(C)CC[C@@H](OCC(O)CN2CCN(CC(=O)O)CCN(CC(=O)O)CCN(CC(=O)O)CC2)C[C@H]1C[C@H]3O. The number of hydrogen-bond donors (Lipinski definition) is 7. The van der Waals surface area contributed by atoms with E-state index in [4.69, 9.17) is 4.74 Å². The predicted octanol–water partition coefficient (Wildman–Crippen LogP) is 1.31. The van der Waals surface area contributed by atoms with Crippen molar-refractivity contribution in [3.8, 4) is 0 Å². The number of rotatable bonds is 15. The summed E-state index contributed by atoms with van der Waals surface area (Å²) in [4.78, 5) is 53.3. The van der Waals surface area contributed by atoms with Gasteiger partial charge in [0.2, 0.25) is 0 Å². The smallest absolute Gasteiger partial charge is 0.317 e. The van der Waals surface area contributed by atoms with Gasteiger partial charge in [-0.25, -0.2) is 0 Å². The molecular formula is C41H70N4O12. The van der Waals surface area contributed by atoms with Gasteiger partial charge in [-0.05, 0) is 97.7 Å². The number of nitrogens with zero attached hydrogens (tertiary/aromatic N) is 4. The first-order valence-corrected chi connectivity index (χ1v) is 21.3. The highest BCUT2D eigenvalue weighted by atomic mass is 16.5. The van der Waals surface area contributed by atoms with E-state index in [9.17, 15) is 54.9 Å². The van der Waals surface area contributed by atoms with Crippen LogP contribution in [0.5, 0.6) is 0 Å². The van der Waals surface area contributed by atoms with Crippen LogP contribution in [0.15, 0.2) is 0 Å². The van der Waals surface area contributed by atoms with Crippen LogP contribution >= 0.6 is 0 Å². The molecule has 16 heteroatoms. The Labute approximate surface area is 337 Å². The lowest BCUT2D eigenvalue weighted by atomic mass is 9.43. The van der Waals surface area contributed by atoms with Gasteiger partial charge in [0.25, 0.3) is 0 Å². The van der Waals surface area contributed by atoms with E-state index in [1.54, 1.807) is 14.7 Å². The van der Waals surface area contributed by atoms with E-state index in [1.165, 1.54) is 0 Å². The van der Waals surface area contributed by atoms with E-state index in [-0.39, 0.29) is 91.6 Å². The third kappa shape index (κ3) is 11.2. The van der Waals surface area contributed by atoms with Crippen molar-refractivity contribution >= 4 is 23.9 Å². The van der Waals surface area contributed by atoms with E-state index in [0.717, 1.165) is 32.1 Å². The number of hydrogen-bond acceptors (Lipinski definition) is 12. The van der Waals surface area contributed by atoms with Crippen molar-refractivity contribution in [2.24, 2.45) is 46.3 Å². The summed E-state index contributed by atoms with van der Waals surface area (Å²) in [6, 6.07) is 0. The van der Waals surface area contributed by atoms with Crippen molar-refractivity contribution in [3.05, 3.63) is 0 Å². The van der Waals surface area contributed by atoms with Crippen molar-refractivity contribution < 1.29 is 59.7 Å². The average Bonchev–Trinajstić information content (AvgIpc) is 3.49. The number of aliphatic carboxylic acids is 4. The van der Waals surface area contributed by atoms with Gasteiger partial charge in [0.1, 0.15) is 0 Å². The van der Waals surface area contributed by atoms with Crippen molar-refractivity contribution in [1.29, 1.82) is 0 Å². The fourth-order valence-corrected chi connectivity index (χ4v) is 12.2. The first-order chi connectivity index (χ1) is 26.9. The molecule has 326 valence electrons. The zero-order valence-corrected chi connectivity index (χ0v) is 34.3. The molecular weight excluding hydrogens is 740 g/mol. The maximum absolute atomic E-state index is 11.9. The molecule has 0 bridgehead atoms. The number of fused-ring (bicyclic) bond motifs is 5. The Morgan fingerprint density at radius 1 is 0.702 bits per heavy atom. The van der Waals surface area contributed by atoms with Gasteiger partial charge in [-0.2, -0.15) is 0 Å². The van der Waals surface area contributed by atoms with Gasteiger partial charge in [0.05, 0.1) is 50.7 Å². The highest BCUT2D eigenvalue weighted by Gasteiger charge is 2.65. The van der Waals surface area contributed by atoms with Gasteiger partial charge in [-0.1, -0.05) is 20.8 Å². The minimum Gasteiger partial charge on any atom is -0.481 e. The zero-order valence-electron chi connectivity index (χ0n) is 34.3. The Kier molecular flexibility index (Phi) is 15.8. The van der Waals surface area contributed by atoms with Gasteiger partial charge in [-0.15, -0.1) is 0 Å². The van der Waals surface area contributed by atoms with E-state index < -0.39 is 42.2 Å². The Bertz CT molecular complexity index is 1360. The van der Waals surface area contributed by atoms with Crippen LogP contribution in [-0.2, 0) is 23.9 Å². The highest BCUT2D eigenvalue weighted by Crippen LogP contribution is 2.68. The summed E-state index contributed by atoms with van der Waals surface area (Å²) in [7, 11) is 0. The molecule has 57 heavy (non-hydrogen) atoms. The lowest BCUT2D eigenvalue weighted by molar-refractivity contribution is -0.210. The normalized spacial score (nSPS) is 37.4. The number of carbonyl (C=O) groups is 4. The molecule has 0 aromatic heterocycles. The summed E-state index contributed by atoms with van der Waals surface area (Å²) in [5, 5.41) is 72.8. The standard InChI is InChI=1S/C41H70N4O12/c1-26(4-7-35(49)50)30-5-6-31-39-32(20-34(48)41(30,31)3)40(2)9-8-29(18-27(40)19-33(39)47)57-25-28(46)21-42-10-12-43(22-36(51)52)14-16-45(24-38(55)56)17-15-44(13-11-42)23-37(53)54/h26-34,39,46-48H,4-25H2,1-3H3,(H,49,50)(H,51,52)(H,53,54)(H,55,56)/t26-,27+,28?,29-,30-,31?,32?,33-,34+,39?,40+,41-/m1/s1. The quantitative estimate of drug-likeness (QED) is 0.124. The van der Waals surface area contributed by atoms with Crippen molar-refractivity contribution in [1.82, 2.24) is 19.6 Å². The Hall–Kier alpha value is -2.44. The lowest BCUT2D eigenvalue weighted by Crippen LogP contribution is -2.62. The molecule has 7 N–H and O–H groups in total. The summed E-state index contributed by atoms with van der Waals surface area (Å²) in [5.41, 5.74) is -0.416. The van der Waals surface area contributed by atoms with Crippen LogP contribution < -0.4 is 0 Å². The molecule has 5 fully saturated rings. The average molecular weight is 811 g/mol. The van der Waals surface area contributed by atoms with Crippen LogP contribution in [0.2, 0.25) is 0 Å². The largest absolute Gasteiger partial charge is 0.481 e. The summed E-state index contributed by atoms with van der Waals surface area (Å²) < 4.78 is 6.39. The molecule has 4 unspecified atom stereocenters. The van der Waals surface area contributed by atoms with Crippen LogP contribution in [-0.4, -0.2) is 189 Å². The fourth-order valence-electron chi connectivity index (χ4n) is 12.2. The number of β-amino-alcohol motifs (C(OH)–C–C–N with tert-alkyl or cyclic N) is 1. The van der Waals surface area contributed by atoms with Gasteiger partial charge < -0.3 is 40.5 Å². The molecule has 0 aromatic carbocycles. The van der Waals surface area contributed by atoms with Gasteiger partial charge >= 0.3 is 23.9 Å². The second-order valence-electron chi connectivity index (χ2n) is 18.7. The molecule has 1 saturated heterocycles. The summed E-state index contributed by atoms with van der Waals surface area (Å²) in [5.74, 6) is -2.73. The molecule has 5 rings (SSSR count). The molecule has 0 amide bonds. The molecule has 1 aliphatic heterocycles. The number of carboxylic acids is 4. The predicted molar refractivity (Wildman–Crippen MR) is 208 cm³/mol. The van der Waals surface area contributed by atoms with E-state index in [2.05, 4.69) is 20.8 Å². The van der Waals surface area contributed by atoms with Crippen LogP contribution in [0.1, 0.15) is 78.6 Å². The van der Waals surface area contributed by atoms with E-state index in [1.807, 2.05) is 4.90 Å². The highest BCUT2D eigenvalue weighted by molar-refractivity contribution is 5.70. The van der Waals surface area contributed by atoms with Crippen LogP contribution in [0.4, 0.5) is 0 Å². The topological polar surface area (TPSA) is 232 Å². The summed E-state index contributed by atoms with van der Waals surface area (Å²) >= 11 is 0. The number of ether oxygens (including phenoxy) is 1. The number of carboxylic acid groups (broad SMARTS) is 4. The Balaban J connectivity index is 1.18. The van der Waals surface area contributed by atoms with Crippen LogP contribution in [0.3, 0.4) is 0 Å². The molecule has 12 atom stereocenters. The zero-order chi connectivity index (χ0) is 41.7. The maximum Gasteiger partial charge on any atom is 0.317 e. The second-order valence-corrected chi connectivity index (χ2v) is 18.7. The molecule has 4 saturated carbocycles. The molecule has 0 aromatic rings. The van der Waals surface area contributed by atoms with Crippen molar-refractivity contribution in [2.75, 3.05) is 85.1 Å². The monoisotopic (exact) mass is 810 g/mol. The van der Waals surface area contributed by atoms with Crippen molar-refractivity contribution in [2.45, 2.75) is 103 Å². The van der Waals surface area contributed by atoms with E-state index >= 15 is 0 Å². The summed E-state index contributed by atoms with van der Waals surface area (Å²) in [6.45, 7) is 9.19. The summed E-state index contributed by atoms with van der Waals surface area (Å²) in [6.07, 6.45) is 4.43. The number of aliphatic hydroxyl groups is 3. The molecule has 5 aliphatic rings. The fraction of sp³-hybridized carbons (Fsp3) is 0.902. The van der Waals surface area contributed by atoms with Crippen LogP contribution in [0, 0.1) is 46.3 Å². The third-order valence-electron chi connectivity index (χ3n) is 15.3. The van der Waals surface area contributed by atoms with E-state index in [0.29, 0.717) is 71.6 Å². The minimum absolute atomic E-state index is 0.0641. The maximum atomic E-state index is 11.9. The number of aliphatic hydroxyl groups excluding tert-OH is 3. The first-order valence-electron chi connectivity index (χ1n) is 21.3. The molecule has 1 heterocycles. The molecule has 0 radical (unpaired) electrons. The second kappa shape index (κ2) is 19.7. The first kappa shape index (κ1) is 45.6. The van der Waals surface area contributed by atoms with Gasteiger partial charge in [0, 0.05) is 65.3 Å².